The van der Waals surface area contributed by atoms with E-state index in [-0.39, 0.29) is 0 Å². The highest BCUT2D eigenvalue weighted by Gasteiger charge is 2.50. The Labute approximate surface area is 223 Å². The molecule has 17 heteroatoms. The molecule has 14 atom stereocenters. The molecule has 2 aliphatic rings. The zero-order valence-corrected chi connectivity index (χ0v) is 21.7. The van der Waals surface area contributed by atoms with E-state index in [2.05, 4.69) is 10.6 Å². The van der Waals surface area contributed by atoms with E-state index in [1.54, 1.807) is 0 Å². The molecule has 2 amide bonds. The molecule has 39 heavy (non-hydrogen) atoms. The molecule has 0 bridgehead atoms. The highest BCUT2D eigenvalue weighted by atomic mass is 16.7. The molecule has 17 nitrogen and oxygen atoms in total. The average Bonchev–Trinajstić information content (AvgIpc) is 2.89. The number of rotatable bonds is 12. The molecule has 2 fully saturated rings. The number of ether oxygens (including phenoxy) is 4. The van der Waals surface area contributed by atoms with Crippen LogP contribution in [0.15, 0.2) is 0 Å². The fourth-order valence-corrected chi connectivity index (χ4v) is 4.41. The Kier molecular flexibility index (Phi) is 12.8. The van der Waals surface area contributed by atoms with Crippen LogP contribution in [-0.2, 0) is 28.5 Å². The van der Waals surface area contributed by atoms with E-state index in [1.807, 2.05) is 0 Å². The van der Waals surface area contributed by atoms with Gasteiger partial charge in [-0.2, -0.15) is 0 Å². The summed E-state index contributed by atoms with van der Waals surface area (Å²) in [5.74, 6) is -1.34. The Morgan fingerprint density at radius 3 is 1.92 bits per heavy atom. The predicted molar refractivity (Wildman–Crippen MR) is 125 cm³/mol. The van der Waals surface area contributed by atoms with Gasteiger partial charge < -0.3 is 75.5 Å². The van der Waals surface area contributed by atoms with Crippen LogP contribution in [-0.4, -0.2) is 163 Å². The van der Waals surface area contributed by atoms with Crippen molar-refractivity contribution in [1.29, 1.82) is 0 Å². The Morgan fingerprint density at radius 2 is 1.41 bits per heavy atom. The molecule has 228 valence electrons. The minimum Gasteiger partial charge on any atom is -0.394 e. The van der Waals surface area contributed by atoms with E-state index in [0.29, 0.717) is 0 Å². The Balaban J connectivity index is 2.49. The van der Waals surface area contributed by atoms with Crippen LogP contribution in [0.1, 0.15) is 20.8 Å². The van der Waals surface area contributed by atoms with Crippen molar-refractivity contribution in [1.82, 2.24) is 10.6 Å². The normalized spacial score (nSPS) is 38.4. The van der Waals surface area contributed by atoms with E-state index in [9.17, 15) is 55.5 Å². The maximum atomic E-state index is 11.9. The zero-order chi connectivity index (χ0) is 29.6. The maximum absolute atomic E-state index is 11.9. The molecule has 2 saturated heterocycles. The van der Waals surface area contributed by atoms with Gasteiger partial charge in [0, 0.05) is 13.8 Å². The SMILES string of the molecule is CC(=O)N[C@H]1[C@H](O[C@@H]([C@H](O[C@@H]2O[C@@H](C)[C@@H](O)[C@@H](O)[C@@H]2O)[C@H](CO)NC(C)=O)[C@H](O)CO)O[C@H](CO)[C@@H](O)[C@@H]1O. The molecule has 0 aromatic rings. The van der Waals surface area contributed by atoms with Crippen molar-refractivity contribution in [2.24, 2.45) is 0 Å². The second-order valence-corrected chi connectivity index (χ2v) is 9.56. The molecule has 0 aliphatic carbocycles. The summed E-state index contributed by atoms with van der Waals surface area (Å²) >= 11 is 0. The number of aliphatic hydroxyl groups is 9. The summed E-state index contributed by atoms with van der Waals surface area (Å²) in [5, 5.41) is 96.3. The molecule has 0 aromatic heterocycles. The van der Waals surface area contributed by atoms with Gasteiger partial charge in [-0.1, -0.05) is 0 Å². The van der Waals surface area contributed by atoms with Crippen LogP contribution >= 0.6 is 0 Å². The van der Waals surface area contributed by atoms with Gasteiger partial charge in [0.05, 0.1) is 32.0 Å². The van der Waals surface area contributed by atoms with Gasteiger partial charge in [0.2, 0.25) is 11.8 Å². The summed E-state index contributed by atoms with van der Waals surface area (Å²) < 4.78 is 22.5. The standard InChI is InChI=1S/C22H40N2O15/c1-7-14(31)17(34)18(35)22(36-7)38-19(10(4-25)23-8(2)28)20(11(30)5-26)39-21-13(24-9(3)29)16(33)15(32)12(6-27)37-21/h7,10-22,25-27,30-35H,4-6H2,1-3H3,(H,23,28)(H,24,29)/t7-,10-,11+,12+,13+,14+,15+,16+,17+,18-,19+,20+,21-,22-/m0/s1. The number of carbonyl (C=O) groups excluding carboxylic acids is 2. The summed E-state index contributed by atoms with van der Waals surface area (Å²) in [6.07, 6.45) is -19.7. The van der Waals surface area contributed by atoms with Crippen LogP contribution in [0.2, 0.25) is 0 Å². The Bertz CT molecular complexity index is 793. The minimum absolute atomic E-state index is 0.669. The molecule has 11 N–H and O–H groups in total. The lowest BCUT2D eigenvalue weighted by Gasteiger charge is -2.46. The summed E-state index contributed by atoms with van der Waals surface area (Å²) in [6, 6.07) is -2.88. The van der Waals surface area contributed by atoms with E-state index in [4.69, 9.17) is 18.9 Å². The van der Waals surface area contributed by atoms with Gasteiger partial charge in [-0.15, -0.1) is 0 Å². The number of hydrogen-bond donors (Lipinski definition) is 11. The van der Waals surface area contributed by atoms with E-state index >= 15 is 0 Å². The first-order valence-electron chi connectivity index (χ1n) is 12.3. The highest BCUT2D eigenvalue weighted by molar-refractivity contribution is 5.73. The van der Waals surface area contributed by atoms with Crippen LogP contribution in [0, 0.1) is 0 Å². The maximum Gasteiger partial charge on any atom is 0.217 e. The smallest absolute Gasteiger partial charge is 0.217 e. The number of hydrogen-bond acceptors (Lipinski definition) is 15. The van der Waals surface area contributed by atoms with Gasteiger partial charge >= 0.3 is 0 Å². The molecule has 0 spiro atoms. The number of carbonyl (C=O) groups is 2. The quantitative estimate of drug-likeness (QED) is 0.104. The van der Waals surface area contributed by atoms with E-state index in [1.165, 1.54) is 6.92 Å². The summed E-state index contributed by atoms with van der Waals surface area (Å²) in [6.45, 7) is 0.959. The number of aliphatic hydroxyl groups excluding tert-OH is 9. The average molecular weight is 573 g/mol. The second-order valence-electron chi connectivity index (χ2n) is 9.56. The van der Waals surface area contributed by atoms with Gasteiger partial charge in [0.15, 0.2) is 12.6 Å². The predicted octanol–water partition coefficient (Wildman–Crippen LogP) is -6.62. The fourth-order valence-electron chi connectivity index (χ4n) is 4.41. The Morgan fingerprint density at radius 1 is 0.795 bits per heavy atom. The third kappa shape index (κ3) is 8.23. The number of amides is 2. The molecular formula is C22H40N2O15. The monoisotopic (exact) mass is 572 g/mol. The molecule has 0 unspecified atom stereocenters. The summed E-state index contributed by atoms with van der Waals surface area (Å²) in [7, 11) is 0. The molecule has 2 aliphatic heterocycles. The van der Waals surface area contributed by atoms with E-state index < -0.39 is 117 Å². The topological polar surface area (TPSA) is 277 Å². The van der Waals surface area contributed by atoms with Crippen molar-refractivity contribution in [3.63, 3.8) is 0 Å². The van der Waals surface area contributed by atoms with Gasteiger partial charge in [-0.3, -0.25) is 9.59 Å². The summed E-state index contributed by atoms with van der Waals surface area (Å²) in [4.78, 5) is 23.6. The van der Waals surface area contributed by atoms with Crippen molar-refractivity contribution < 1.29 is 74.5 Å². The molecule has 2 heterocycles. The first-order valence-corrected chi connectivity index (χ1v) is 12.3. The first-order chi connectivity index (χ1) is 18.3. The van der Waals surface area contributed by atoms with Crippen LogP contribution in [0.3, 0.4) is 0 Å². The van der Waals surface area contributed by atoms with Crippen molar-refractivity contribution in [2.75, 3.05) is 19.8 Å². The van der Waals surface area contributed by atoms with Gasteiger partial charge in [-0.25, -0.2) is 0 Å². The van der Waals surface area contributed by atoms with Crippen LogP contribution in [0.25, 0.3) is 0 Å². The molecule has 0 radical (unpaired) electrons. The lowest BCUT2D eigenvalue weighted by atomic mass is 9.95. The first kappa shape index (κ1) is 33.6. The third-order valence-electron chi connectivity index (χ3n) is 6.51. The van der Waals surface area contributed by atoms with Gasteiger partial charge in [-0.05, 0) is 6.92 Å². The lowest BCUT2D eigenvalue weighted by Crippen LogP contribution is -2.67. The van der Waals surface area contributed by atoms with Gasteiger partial charge in [0.25, 0.3) is 0 Å². The van der Waals surface area contributed by atoms with Crippen molar-refractivity contribution in [2.45, 2.75) is 106 Å². The Hall–Kier alpha value is -1.58. The molecule has 0 aromatic carbocycles. The molecular weight excluding hydrogens is 532 g/mol. The zero-order valence-electron chi connectivity index (χ0n) is 21.7. The van der Waals surface area contributed by atoms with Crippen LogP contribution in [0.5, 0.6) is 0 Å². The summed E-state index contributed by atoms with van der Waals surface area (Å²) in [5.41, 5.74) is 0. The fraction of sp³-hybridized carbons (Fsp3) is 0.909. The highest BCUT2D eigenvalue weighted by Crippen LogP contribution is 2.29. The van der Waals surface area contributed by atoms with Crippen molar-refractivity contribution in [3.05, 3.63) is 0 Å². The third-order valence-corrected chi connectivity index (χ3v) is 6.51. The van der Waals surface area contributed by atoms with Crippen LogP contribution < -0.4 is 10.6 Å². The van der Waals surface area contributed by atoms with Crippen molar-refractivity contribution >= 4 is 11.8 Å². The molecule has 0 saturated carbocycles. The largest absolute Gasteiger partial charge is 0.394 e. The lowest BCUT2D eigenvalue weighted by molar-refractivity contribution is -0.336. The second kappa shape index (κ2) is 14.9. The van der Waals surface area contributed by atoms with E-state index in [0.717, 1.165) is 13.8 Å². The van der Waals surface area contributed by atoms with Crippen LogP contribution in [0.4, 0.5) is 0 Å². The number of nitrogens with one attached hydrogen (secondary N) is 2. The molecule has 2 rings (SSSR count). The van der Waals surface area contributed by atoms with Crippen molar-refractivity contribution in [3.8, 4) is 0 Å². The minimum atomic E-state index is -1.86. The van der Waals surface area contributed by atoms with Gasteiger partial charge in [0.1, 0.15) is 61.0 Å².